The van der Waals surface area contributed by atoms with E-state index in [2.05, 4.69) is 10.1 Å². The molecule has 6 nitrogen and oxygen atoms in total. The lowest BCUT2D eigenvalue weighted by atomic mass is 10.0. The summed E-state index contributed by atoms with van der Waals surface area (Å²) in [5.74, 6) is -0.101. The van der Waals surface area contributed by atoms with E-state index in [0.29, 0.717) is 25.3 Å². The van der Waals surface area contributed by atoms with Crippen molar-refractivity contribution in [1.82, 2.24) is 4.90 Å². The fourth-order valence-corrected chi connectivity index (χ4v) is 3.07. The van der Waals surface area contributed by atoms with Crippen molar-refractivity contribution in [2.24, 2.45) is 5.16 Å². The second-order valence-electron chi connectivity index (χ2n) is 6.47. The van der Waals surface area contributed by atoms with Crippen LogP contribution < -0.4 is 4.74 Å². The van der Waals surface area contributed by atoms with Gasteiger partial charge < -0.3 is 14.7 Å². The molecular formula is C22H24N2O4. The minimum absolute atomic E-state index is 0.382. The van der Waals surface area contributed by atoms with Gasteiger partial charge in [0.1, 0.15) is 18.1 Å². The fraction of sp³-hybridized carbons (Fsp3) is 0.273. The molecule has 6 heteroatoms. The Hall–Kier alpha value is -3.12. The fourth-order valence-electron chi connectivity index (χ4n) is 3.07. The first-order chi connectivity index (χ1) is 13.7. The summed E-state index contributed by atoms with van der Waals surface area (Å²) in [6, 6.07) is 17.5. The van der Waals surface area contributed by atoms with Gasteiger partial charge in [-0.15, -0.1) is 0 Å². The van der Waals surface area contributed by atoms with Crippen LogP contribution in [0.3, 0.4) is 0 Å². The van der Waals surface area contributed by atoms with Crippen LogP contribution in [0.5, 0.6) is 5.75 Å². The van der Waals surface area contributed by atoms with E-state index in [9.17, 15) is 4.79 Å². The number of rotatable bonds is 8. The largest absolute Gasteiger partial charge is 0.497 e. The molecule has 1 heterocycles. The van der Waals surface area contributed by atoms with Crippen molar-refractivity contribution >= 4 is 11.7 Å². The molecule has 0 unspecified atom stereocenters. The summed E-state index contributed by atoms with van der Waals surface area (Å²) in [4.78, 5) is 18.8. The molecule has 2 aromatic rings. The lowest BCUT2D eigenvalue weighted by Gasteiger charge is -2.24. The van der Waals surface area contributed by atoms with Crippen LogP contribution in [0.1, 0.15) is 17.5 Å². The van der Waals surface area contributed by atoms with Crippen LogP contribution in [0.2, 0.25) is 0 Å². The molecule has 0 aromatic heterocycles. The quantitative estimate of drug-likeness (QED) is 0.433. The average molecular weight is 380 g/mol. The number of carbonyl (C=O) groups is 1. The van der Waals surface area contributed by atoms with Crippen LogP contribution in [0.4, 0.5) is 0 Å². The SMILES string of the molecule is COc1cccc(/C(=N\OCCN2CCC=C(C(=O)O)C2)c2ccccc2)c1. The van der Waals surface area contributed by atoms with Crippen molar-refractivity contribution in [3.05, 3.63) is 77.4 Å². The zero-order valence-corrected chi connectivity index (χ0v) is 15.9. The number of ether oxygens (including phenoxy) is 1. The zero-order valence-electron chi connectivity index (χ0n) is 15.9. The normalized spacial score (nSPS) is 15.0. The maximum atomic E-state index is 11.1. The number of benzene rings is 2. The number of nitrogens with zero attached hydrogens (tertiary/aromatic N) is 2. The molecule has 0 saturated carbocycles. The lowest BCUT2D eigenvalue weighted by molar-refractivity contribution is -0.133. The van der Waals surface area contributed by atoms with E-state index in [-0.39, 0.29) is 0 Å². The van der Waals surface area contributed by atoms with E-state index in [1.54, 1.807) is 13.2 Å². The standard InChI is InChI=1S/C22H24N2O4/c1-27-20-11-5-9-18(15-20)21(17-7-3-2-4-8-17)23-28-14-13-24-12-6-10-19(16-24)22(25)26/h2-5,7-11,15H,6,12-14,16H2,1H3,(H,25,26)/b23-21-. The summed E-state index contributed by atoms with van der Waals surface area (Å²) in [6.45, 7) is 2.26. The first-order valence-corrected chi connectivity index (χ1v) is 9.22. The number of oxime groups is 1. The van der Waals surface area contributed by atoms with Crippen molar-refractivity contribution in [2.75, 3.05) is 33.4 Å². The van der Waals surface area contributed by atoms with Gasteiger partial charge in [0.15, 0.2) is 0 Å². The van der Waals surface area contributed by atoms with Gasteiger partial charge in [0.2, 0.25) is 0 Å². The smallest absolute Gasteiger partial charge is 0.332 e. The Morgan fingerprint density at radius 1 is 1.14 bits per heavy atom. The van der Waals surface area contributed by atoms with Crippen molar-refractivity contribution in [1.29, 1.82) is 0 Å². The van der Waals surface area contributed by atoms with Crippen LogP contribution in [-0.4, -0.2) is 55.0 Å². The Morgan fingerprint density at radius 3 is 2.68 bits per heavy atom. The molecule has 3 rings (SSSR count). The minimum atomic E-state index is -0.854. The van der Waals surface area contributed by atoms with E-state index < -0.39 is 5.97 Å². The summed E-state index contributed by atoms with van der Waals surface area (Å²) in [5, 5.41) is 13.5. The Morgan fingerprint density at radius 2 is 1.93 bits per heavy atom. The molecule has 0 saturated heterocycles. The number of hydrogen-bond donors (Lipinski definition) is 1. The molecule has 1 aliphatic heterocycles. The van der Waals surface area contributed by atoms with Crippen LogP contribution >= 0.6 is 0 Å². The Bertz CT molecular complexity index is 862. The molecule has 0 fully saturated rings. The van der Waals surface area contributed by atoms with Crippen LogP contribution in [-0.2, 0) is 9.63 Å². The van der Waals surface area contributed by atoms with Crippen LogP contribution in [0.25, 0.3) is 0 Å². The van der Waals surface area contributed by atoms with Gasteiger partial charge in [-0.3, -0.25) is 4.90 Å². The highest BCUT2D eigenvalue weighted by Crippen LogP contribution is 2.17. The number of carboxylic acid groups (broad SMARTS) is 1. The summed E-state index contributed by atoms with van der Waals surface area (Å²) < 4.78 is 5.32. The zero-order chi connectivity index (χ0) is 19.8. The van der Waals surface area contributed by atoms with E-state index in [1.807, 2.05) is 54.6 Å². The van der Waals surface area contributed by atoms with Crippen LogP contribution in [0.15, 0.2) is 71.4 Å². The Kier molecular flexibility index (Phi) is 6.81. The van der Waals surface area contributed by atoms with Gasteiger partial charge in [0.25, 0.3) is 0 Å². The number of hydrogen-bond acceptors (Lipinski definition) is 5. The average Bonchev–Trinajstić information content (AvgIpc) is 2.74. The van der Waals surface area contributed by atoms with Gasteiger partial charge in [-0.05, 0) is 18.6 Å². The molecule has 28 heavy (non-hydrogen) atoms. The number of carboxylic acids is 1. The molecule has 0 spiro atoms. The predicted octanol–water partition coefficient (Wildman–Crippen LogP) is 3.18. The van der Waals surface area contributed by atoms with Crippen molar-refractivity contribution in [3.8, 4) is 5.75 Å². The van der Waals surface area contributed by atoms with Crippen molar-refractivity contribution in [3.63, 3.8) is 0 Å². The molecular weight excluding hydrogens is 356 g/mol. The maximum Gasteiger partial charge on any atom is 0.332 e. The monoisotopic (exact) mass is 380 g/mol. The second kappa shape index (κ2) is 9.71. The Balaban J connectivity index is 1.68. The highest BCUT2D eigenvalue weighted by molar-refractivity contribution is 6.12. The summed E-state index contributed by atoms with van der Waals surface area (Å²) in [6.07, 6.45) is 2.53. The number of methoxy groups -OCH3 is 1. The van der Waals surface area contributed by atoms with Crippen molar-refractivity contribution < 1.29 is 19.5 Å². The summed E-state index contributed by atoms with van der Waals surface area (Å²) in [7, 11) is 1.63. The predicted molar refractivity (Wildman–Crippen MR) is 108 cm³/mol. The topological polar surface area (TPSA) is 71.4 Å². The molecule has 0 amide bonds. The summed E-state index contributed by atoms with van der Waals surface area (Å²) >= 11 is 0. The first-order valence-electron chi connectivity index (χ1n) is 9.22. The van der Waals surface area contributed by atoms with Gasteiger partial charge in [0, 0.05) is 36.3 Å². The Labute approximate surface area is 164 Å². The van der Waals surface area contributed by atoms with E-state index in [0.717, 1.165) is 35.6 Å². The van der Waals surface area contributed by atoms with E-state index in [4.69, 9.17) is 14.7 Å². The third kappa shape index (κ3) is 5.20. The van der Waals surface area contributed by atoms with E-state index in [1.165, 1.54) is 0 Å². The molecule has 1 aliphatic rings. The van der Waals surface area contributed by atoms with Gasteiger partial charge in [-0.2, -0.15) is 0 Å². The molecule has 0 aliphatic carbocycles. The second-order valence-corrected chi connectivity index (χ2v) is 6.47. The highest BCUT2D eigenvalue weighted by atomic mass is 16.6. The first kappa shape index (κ1) is 19.6. The molecule has 0 bridgehead atoms. The third-order valence-electron chi connectivity index (χ3n) is 4.55. The molecule has 0 atom stereocenters. The maximum absolute atomic E-state index is 11.1. The van der Waals surface area contributed by atoms with Gasteiger partial charge in [-0.1, -0.05) is 53.7 Å². The van der Waals surface area contributed by atoms with Gasteiger partial charge in [-0.25, -0.2) is 4.79 Å². The highest BCUT2D eigenvalue weighted by Gasteiger charge is 2.17. The summed E-state index contributed by atoms with van der Waals surface area (Å²) in [5.41, 5.74) is 3.02. The molecule has 0 radical (unpaired) electrons. The molecule has 146 valence electrons. The minimum Gasteiger partial charge on any atom is -0.497 e. The third-order valence-corrected chi connectivity index (χ3v) is 4.55. The van der Waals surface area contributed by atoms with Gasteiger partial charge in [0.05, 0.1) is 7.11 Å². The van der Waals surface area contributed by atoms with Crippen molar-refractivity contribution in [2.45, 2.75) is 6.42 Å². The number of aliphatic carboxylic acids is 1. The molecule has 1 N–H and O–H groups in total. The molecule has 2 aromatic carbocycles. The van der Waals surface area contributed by atoms with E-state index >= 15 is 0 Å². The lowest BCUT2D eigenvalue weighted by Crippen LogP contribution is -2.34. The van der Waals surface area contributed by atoms with Crippen LogP contribution in [0, 0.1) is 0 Å². The van der Waals surface area contributed by atoms with Gasteiger partial charge >= 0.3 is 5.97 Å².